The summed E-state index contributed by atoms with van der Waals surface area (Å²) in [5.41, 5.74) is 0.699. The zero-order valence-electron chi connectivity index (χ0n) is 6.21. The van der Waals surface area contributed by atoms with Gasteiger partial charge in [-0.05, 0) is 18.6 Å². The van der Waals surface area contributed by atoms with E-state index < -0.39 is 0 Å². The Balaban J connectivity index is 2.10. The number of hydrogen-bond donors (Lipinski definition) is 1. The van der Waals surface area contributed by atoms with Crippen molar-refractivity contribution in [3.8, 4) is 0 Å². The van der Waals surface area contributed by atoms with Crippen molar-refractivity contribution in [2.75, 3.05) is 13.1 Å². The predicted octanol–water partition coefficient (Wildman–Crippen LogP) is 0.861. The third-order valence-electron chi connectivity index (χ3n) is 1.97. The molecule has 0 spiro atoms. The lowest BCUT2D eigenvalue weighted by molar-refractivity contribution is 0.0646. The van der Waals surface area contributed by atoms with Gasteiger partial charge in [-0.15, -0.1) is 0 Å². The Kier molecular flexibility index (Phi) is 1.42. The number of H-pyrrole nitrogens is 1. The first-order chi connectivity index (χ1) is 5.38. The topological polar surface area (TPSA) is 36.1 Å². The highest BCUT2D eigenvalue weighted by Crippen LogP contribution is 2.10. The summed E-state index contributed by atoms with van der Waals surface area (Å²) in [5, 5.41) is 0. The van der Waals surface area contributed by atoms with Gasteiger partial charge in [-0.25, -0.2) is 0 Å². The van der Waals surface area contributed by atoms with Crippen molar-refractivity contribution in [1.82, 2.24) is 9.88 Å². The van der Waals surface area contributed by atoms with Crippen LogP contribution in [0.3, 0.4) is 0 Å². The van der Waals surface area contributed by atoms with E-state index in [9.17, 15) is 4.79 Å². The molecular formula is C8H10N2O. The van der Waals surface area contributed by atoms with Crippen molar-refractivity contribution in [3.63, 3.8) is 0 Å². The standard InChI is InChI=1S/C8H10N2O/c11-8(10-5-2-6-10)7-3-1-4-9-7/h1,3-4,9H,2,5-6H2. The number of likely N-dealkylation sites (tertiary alicyclic amines) is 1. The van der Waals surface area contributed by atoms with Crippen LogP contribution in [0.25, 0.3) is 0 Å². The van der Waals surface area contributed by atoms with Crippen LogP contribution in [0.1, 0.15) is 16.9 Å². The van der Waals surface area contributed by atoms with Crippen molar-refractivity contribution in [2.24, 2.45) is 0 Å². The molecule has 1 N–H and O–H groups in total. The maximum absolute atomic E-state index is 11.4. The van der Waals surface area contributed by atoms with E-state index in [0.717, 1.165) is 19.5 Å². The van der Waals surface area contributed by atoms with Crippen LogP contribution in [-0.2, 0) is 0 Å². The fourth-order valence-electron chi connectivity index (χ4n) is 1.15. The van der Waals surface area contributed by atoms with E-state index in [2.05, 4.69) is 4.98 Å². The summed E-state index contributed by atoms with van der Waals surface area (Å²) >= 11 is 0. The van der Waals surface area contributed by atoms with Gasteiger partial charge in [-0.3, -0.25) is 4.79 Å². The van der Waals surface area contributed by atoms with Gasteiger partial charge in [0.2, 0.25) is 0 Å². The quantitative estimate of drug-likeness (QED) is 0.633. The van der Waals surface area contributed by atoms with Gasteiger partial charge >= 0.3 is 0 Å². The first-order valence-electron chi connectivity index (χ1n) is 3.80. The number of nitrogens with one attached hydrogen (secondary N) is 1. The second-order valence-corrected chi connectivity index (χ2v) is 2.73. The van der Waals surface area contributed by atoms with Crippen molar-refractivity contribution in [1.29, 1.82) is 0 Å². The monoisotopic (exact) mass is 150 g/mol. The summed E-state index contributed by atoms with van der Waals surface area (Å²) in [6.07, 6.45) is 2.92. The van der Waals surface area contributed by atoms with Gasteiger partial charge in [0, 0.05) is 19.3 Å². The average molecular weight is 150 g/mol. The second-order valence-electron chi connectivity index (χ2n) is 2.73. The Morgan fingerprint density at radius 3 is 2.82 bits per heavy atom. The van der Waals surface area contributed by atoms with Crippen LogP contribution in [0.2, 0.25) is 0 Å². The van der Waals surface area contributed by atoms with Crippen LogP contribution in [0.15, 0.2) is 18.3 Å². The van der Waals surface area contributed by atoms with E-state index >= 15 is 0 Å². The number of nitrogens with zero attached hydrogens (tertiary/aromatic N) is 1. The lowest BCUT2D eigenvalue weighted by Crippen LogP contribution is -2.42. The number of hydrogen-bond acceptors (Lipinski definition) is 1. The van der Waals surface area contributed by atoms with Gasteiger partial charge in [0.1, 0.15) is 5.69 Å². The number of rotatable bonds is 1. The van der Waals surface area contributed by atoms with Crippen LogP contribution >= 0.6 is 0 Å². The van der Waals surface area contributed by atoms with E-state index in [1.54, 1.807) is 12.3 Å². The SMILES string of the molecule is O=C(c1ccc[nH]1)N1CCC1. The summed E-state index contributed by atoms with van der Waals surface area (Å²) in [6, 6.07) is 3.65. The van der Waals surface area contributed by atoms with Crippen LogP contribution in [0.5, 0.6) is 0 Å². The normalized spacial score (nSPS) is 16.2. The third kappa shape index (κ3) is 1.02. The highest BCUT2D eigenvalue weighted by molar-refractivity contribution is 5.92. The Morgan fingerprint density at radius 2 is 2.36 bits per heavy atom. The lowest BCUT2D eigenvalue weighted by Gasteiger charge is -2.30. The zero-order chi connectivity index (χ0) is 7.68. The molecule has 1 amide bonds. The number of carbonyl (C=O) groups is 1. The molecule has 1 saturated heterocycles. The van der Waals surface area contributed by atoms with E-state index in [0.29, 0.717) is 5.69 Å². The highest BCUT2D eigenvalue weighted by atomic mass is 16.2. The molecule has 1 fully saturated rings. The van der Waals surface area contributed by atoms with Crippen LogP contribution in [-0.4, -0.2) is 28.9 Å². The van der Waals surface area contributed by atoms with Gasteiger partial charge in [-0.1, -0.05) is 0 Å². The molecule has 0 aromatic carbocycles. The summed E-state index contributed by atoms with van der Waals surface area (Å²) in [5.74, 6) is 0.126. The van der Waals surface area contributed by atoms with Crippen molar-refractivity contribution in [3.05, 3.63) is 24.0 Å². The number of aromatic amines is 1. The fourth-order valence-corrected chi connectivity index (χ4v) is 1.15. The van der Waals surface area contributed by atoms with Crippen molar-refractivity contribution < 1.29 is 4.79 Å². The van der Waals surface area contributed by atoms with Crippen LogP contribution in [0, 0.1) is 0 Å². The van der Waals surface area contributed by atoms with Crippen molar-refractivity contribution >= 4 is 5.91 Å². The van der Waals surface area contributed by atoms with E-state index in [1.807, 2.05) is 11.0 Å². The van der Waals surface area contributed by atoms with Crippen LogP contribution < -0.4 is 0 Å². The third-order valence-corrected chi connectivity index (χ3v) is 1.97. The van der Waals surface area contributed by atoms with Gasteiger partial charge in [0.25, 0.3) is 5.91 Å². The maximum Gasteiger partial charge on any atom is 0.270 e. The molecule has 1 aliphatic rings. The highest BCUT2D eigenvalue weighted by Gasteiger charge is 2.21. The van der Waals surface area contributed by atoms with Crippen LogP contribution in [0.4, 0.5) is 0 Å². The first-order valence-corrected chi connectivity index (χ1v) is 3.80. The van der Waals surface area contributed by atoms with E-state index in [-0.39, 0.29) is 5.91 Å². The fraction of sp³-hybridized carbons (Fsp3) is 0.375. The molecule has 11 heavy (non-hydrogen) atoms. The molecule has 0 aliphatic carbocycles. The molecule has 0 radical (unpaired) electrons. The molecule has 1 aliphatic heterocycles. The van der Waals surface area contributed by atoms with Gasteiger partial charge in [0.05, 0.1) is 0 Å². The summed E-state index contributed by atoms with van der Waals surface area (Å²) in [7, 11) is 0. The summed E-state index contributed by atoms with van der Waals surface area (Å²) in [4.78, 5) is 16.1. The molecule has 1 aromatic rings. The Hall–Kier alpha value is -1.25. The van der Waals surface area contributed by atoms with Gasteiger partial charge < -0.3 is 9.88 Å². The maximum atomic E-state index is 11.4. The van der Waals surface area contributed by atoms with Crippen molar-refractivity contribution in [2.45, 2.75) is 6.42 Å². The largest absolute Gasteiger partial charge is 0.357 e. The average Bonchev–Trinajstić information content (AvgIpc) is 2.32. The molecular weight excluding hydrogens is 140 g/mol. The molecule has 3 nitrogen and oxygen atoms in total. The molecule has 0 bridgehead atoms. The van der Waals surface area contributed by atoms with Gasteiger partial charge in [-0.2, -0.15) is 0 Å². The molecule has 0 unspecified atom stereocenters. The molecule has 2 rings (SSSR count). The molecule has 0 saturated carbocycles. The minimum Gasteiger partial charge on any atom is -0.357 e. The van der Waals surface area contributed by atoms with Gasteiger partial charge in [0.15, 0.2) is 0 Å². The molecule has 0 atom stereocenters. The second kappa shape index (κ2) is 2.42. The molecule has 1 aromatic heterocycles. The lowest BCUT2D eigenvalue weighted by atomic mass is 10.2. The number of carbonyl (C=O) groups excluding carboxylic acids is 1. The minimum atomic E-state index is 0.126. The molecule has 2 heterocycles. The summed E-state index contributed by atoms with van der Waals surface area (Å²) in [6.45, 7) is 1.83. The van der Waals surface area contributed by atoms with E-state index in [4.69, 9.17) is 0 Å². The number of aromatic nitrogens is 1. The smallest absolute Gasteiger partial charge is 0.270 e. The minimum absolute atomic E-state index is 0.126. The summed E-state index contributed by atoms with van der Waals surface area (Å²) < 4.78 is 0. The molecule has 3 heteroatoms. The first kappa shape index (κ1) is 6.46. The Bertz CT molecular complexity index is 249. The Labute approximate surface area is 65.0 Å². The predicted molar refractivity (Wildman–Crippen MR) is 41.3 cm³/mol. The Morgan fingerprint density at radius 1 is 1.55 bits per heavy atom. The van der Waals surface area contributed by atoms with E-state index in [1.165, 1.54) is 0 Å². The number of amides is 1. The zero-order valence-corrected chi connectivity index (χ0v) is 6.21. The molecule has 58 valence electrons.